The second kappa shape index (κ2) is 5.67. The van der Waals surface area contributed by atoms with Crippen LogP contribution in [0, 0.1) is 0 Å². The van der Waals surface area contributed by atoms with Crippen molar-refractivity contribution < 1.29 is 17.9 Å². The maximum atomic E-state index is 12.0. The summed E-state index contributed by atoms with van der Waals surface area (Å²) in [6, 6.07) is 3.04. The van der Waals surface area contributed by atoms with Crippen molar-refractivity contribution >= 4 is 27.5 Å². The second-order valence-corrected chi connectivity index (χ2v) is 6.97. The number of pyridine rings is 1. The standard InChI is InChI=1S/C12H15ClN2O4S/c1-12(5-2-6-19-12)11(16)15-20(17,18)8-9-3-4-10(13)14-7-9/h3-4,7H,2,5-6,8H2,1H3,(H,15,16)/t12-/m0/s1. The van der Waals surface area contributed by atoms with Gasteiger partial charge in [-0.05, 0) is 31.4 Å². The first-order valence-corrected chi connectivity index (χ1v) is 8.13. The van der Waals surface area contributed by atoms with Crippen molar-refractivity contribution in [2.75, 3.05) is 6.61 Å². The van der Waals surface area contributed by atoms with Gasteiger partial charge in [-0.25, -0.2) is 13.4 Å². The van der Waals surface area contributed by atoms with E-state index < -0.39 is 21.5 Å². The Balaban J connectivity index is 2.04. The summed E-state index contributed by atoms with van der Waals surface area (Å²) >= 11 is 5.62. The van der Waals surface area contributed by atoms with E-state index >= 15 is 0 Å². The van der Waals surface area contributed by atoms with Crippen molar-refractivity contribution in [3.8, 4) is 0 Å². The molecule has 1 atom stereocenters. The quantitative estimate of drug-likeness (QED) is 0.844. The molecule has 6 nitrogen and oxygen atoms in total. The van der Waals surface area contributed by atoms with Gasteiger partial charge in [0.1, 0.15) is 10.8 Å². The summed E-state index contributed by atoms with van der Waals surface area (Å²) in [6.07, 6.45) is 2.61. The molecule has 0 saturated carbocycles. The number of carbonyl (C=O) groups is 1. The van der Waals surface area contributed by atoms with Crippen molar-refractivity contribution in [1.29, 1.82) is 0 Å². The van der Waals surface area contributed by atoms with Crippen LogP contribution < -0.4 is 4.72 Å². The van der Waals surface area contributed by atoms with E-state index in [4.69, 9.17) is 16.3 Å². The molecular weight excluding hydrogens is 304 g/mol. The smallest absolute Gasteiger partial charge is 0.265 e. The molecule has 1 saturated heterocycles. The largest absolute Gasteiger partial charge is 0.365 e. The Hall–Kier alpha value is -1.18. The predicted octanol–water partition coefficient (Wildman–Crippen LogP) is 1.25. The first-order chi connectivity index (χ1) is 9.31. The minimum absolute atomic E-state index is 0.280. The van der Waals surface area contributed by atoms with Gasteiger partial charge in [-0.2, -0.15) is 0 Å². The highest BCUT2D eigenvalue weighted by molar-refractivity contribution is 7.89. The van der Waals surface area contributed by atoms with E-state index in [-0.39, 0.29) is 10.9 Å². The maximum Gasteiger partial charge on any atom is 0.265 e. The third-order valence-corrected chi connectivity index (χ3v) is 4.53. The Morgan fingerprint density at radius 1 is 1.55 bits per heavy atom. The maximum absolute atomic E-state index is 12.0. The highest BCUT2D eigenvalue weighted by Gasteiger charge is 2.39. The van der Waals surface area contributed by atoms with Crippen molar-refractivity contribution in [1.82, 2.24) is 9.71 Å². The highest BCUT2D eigenvalue weighted by atomic mass is 35.5. The number of hydrogen-bond donors (Lipinski definition) is 1. The van der Waals surface area contributed by atoms with E-state index in [1.807, 2.05) is 4.72 Å². The van der Waals surface area contributed by atoms with Crippen LogP contribution in [0.15, 0.2) is 18.3 Å². The molecule has 8 heteroatoms. The number of aromatic nitrogens is 1. The summed E-state index contributed by atoms with van der Waals surface area (Å²) in [5.41, 5.74) is -0.613. The molecule has 1 N–H and O–H groups in total. The fourth-order valence-electron chi connectivity index (χ4n) is 1.95. The lowest BCUT2D eigenvalue weighted by molar-refractivity contribution is -0.137. The van der Waals surface area contributed by atoms with Crippen molar-refractivity contribution in [2.24, 2.45) is 0 Å². The monoisotopic (exact) mass is 318 g/mol. The molecule has 2 heterocycles. The number of ether oxygens (including phenoxy) is 1. The van der Waals surface area contributed by atoms with Gasteiger partial charge in [-0.1, -0.05) is 17.7 Å². The minimum Gasteiger partial charge on any atom is -0.365 e. The number of nitrogens with one attached hydrogen (secondary N) is 1. The molecule has 20 heavy (non-hydrogen) atoms. The average Bonchev–Trinajstić information content (AvgIpc) is 2.80. The van der Waals surface area contributed by atoms with E-state index in [0.717, 1.165) is 6.42 Å². The minimum atomic E-state index is -3.78. The van der Waals surface area contributed by atoms with Crippen molar-refractivity contribution in [3.63, 3.8) is 0 Å². The molecule has 0 radical (unpaired) electrons. The van der Waals surface area contributed by atoms with E-state index in [1.54, 1.807) is 13.0 Å². The van der Waals surface area contributed by atoms with Crippen LogP contribution in [0.3, 0.4) is 0 Å². The Morgan fingerprint density at radius 3 is 2.85 bits per heavy atom. The summed E-state index contributed by atoms with van der Waals surface area (Å²) in [5.74, 6) is -0.962. The van der Waals surface area contributed by atoms with Crippen LogP contribution in [0.1, 0.15) is 25.3 Å². The molecule has 0 bridgehead atoms. The van der Waals surface area contributed by atoms with E-state index in [1.165, 1.54) is 12.3 Å². The highest BCUT2D eigenvalue weighted by Crippen LogP contribution is 2.25. The number of sulfonamides is 1. The van der Waals surface area contributed by atoms with Crippen LogP contribution in [0.2, 0.25) is 5.15 Å². The number of rotatable bonds is 4. The zero-order valence-corrected chi connectivity index (χ0v) is 12.5. The van der Waals surface area contributed by atoms with Gasteiger partial charge in [0.05, 0.1) is 5.75 Å². The zero-order chi connectivity index (χ0) is 14.8. The predicted molar refractivity (Wildman–Crippen MR) is 73.6 cm³/mol. The average molecular weight is 319 g/mol. The van der Waals surface area contributed by atoms with E-state index in [0.29, 0.717) is 18.6 Å². The van der Waals surface area contributed by atoms with Gasteiger partial charge >= 0.3 is 0 Å². The fourth-order valence-corrected chi connectivity index (χ4v) is 3.25. The molecule has 0 unspecified atom stereocenters. The number of halogens is 1. The lowest BCUT2D eigenvalue weighted by Crippen LogP contribution is -2.46. The topological polar surface area (TPSA) is 85.4 Å². The lowest BCUT2D eigenvalue weighted by atomic mass is 10.0. The molecular formula is C12H15ClN2O4S. The van der Waals surface area contributed by atoms with Crippen LogP contribution in [-0.4, -0.2) is 31.5 Å². The van der Waals surface area contributed by atoms with Crippen LogP contribution in [-0.2, 0) is 25.3 Å². The Labute approximate surface area is 122 Å². The molecule has 1 aliphatic heterocycles. The Kier molecular flexibility index (Phi) is 4.31. The number of amides is 1. The first kappa shape index (κ1) is 15.2. The molecule has 1 fully saturated rings. The summed E-state index contributed by atoms with van der Waals surface area (Å²) in [7, 11) is -3.78. The molecule has 1 aliphatic rings. The molecule has 0 spiro atoms. The first-order valence-electron chi connectivity index (χ1n) is 6.10. The Bertz CT molecular complexity index is 594. The molecule has 1 amide bonds. The number of hydrogen-bond acceptors (Lipinski definition) is 5. The third-order valence-electron chi connectivity index (χ3n) is 3.09. The van der Waals surface area contributed by atoms with Gasteiger partial charge in [-0.15, -0.1) is 0 Å². The summed E-state index contributed by atoms with van der Waals surface area (Å²) < 4.78 is 31.2. The van der Waals surface area contributed by atoms with E-state index in [2.05, 4.69) is 4.98 Å². The second-order valence-electron chi connectivity index (χ2n) is 4.86. The molecule has 0 aromatic carbocycles. The van der Waals surface area contributed by atoms with Crippen LogP contribution >= 0.6 is 11.6 Å². The van der Waals surface area contributed by atoms with Crippen molar-refractivity contribution in [2.45, 2.75) is 31.1 Å². The van der Waals surface area contributed by atoms with Gasteiger partial charge in [0.25, 0.3) is 5.91 Å². The van der Waals surface area contributed by atoms with Gasteiger partial charge in [0.15, 0.2) is 0 Å². The normalized spacial score (nSPS) is 22.7. The van der Waals surface area contributed by atoms with Crippen LogP contribution in [0.5, 0.6) is 0 Å². The lowest BCUT2D eigenvalue weighted by Gasteiger charge is -2.21. The van der Waals surface area contributed by atoms with E-state index in [9.17, 15) is 13.2 Å². The fraction of sp³-hybridized carbons (Fsp3) is 0.500. The van der Waals surface area contributed by atoms with Gasteiger partial charge in [0, 0.05) is 12.8 Å². The van der Waals surface area contributed by atoms with Gasteiger partial charge in [0.2, 0.25) is 10.0 Å². The van der Waals surface area contributed by atoms with Crippen LogP contribution in [0.4, 0.5) is 0 Å². The SMILES string of the molecule is C[C@@]1(C(=O)NS(=O)(=O)Cc2ccc(Cl)nc2)CCCO1. The zero-order valence-electron chi connectivity index (χ0n) is 10.9. The summed E-state index contributed by atoms with van der Waals surface area (Å²) in [4.78, 5) is 15.8. The Morgan fingerprint density at radius 2 is 2.30 bits per heavy atom. The van der Waals surface area contributed by atoms with Crippen LogP contribution in [0.25, 0.3) is 0 Å². The molecule has 110 valence electrons. The van der Waals surface area contributed by atoms with Crippen molar-refractivity contribution in [3.05, 3.63) is 29.0 Å². The number of carbonyl (C=O) groups excluding carboxylic acids is 1. The number of nitrogens with zero attached hydrogens (tertiary/aromatic N) is 1. The van der Waals surface area contributed by atoms with Gasteiger partial charge < -0.3 is 4.74 Å². The summed E-state index contributed by atoms with van der Waals surface area (Å²) in [5, 5.41) is 0.280. The third kappa shape index (κ3) is 3.68. The molecule has 0 aliphatic carbocycles. The van der Waals surface area contributed by atoms with Gasteiger partial charge in [-0.3, -0.25) is 9.52 Å². The summed E-state index contributed by atoms with van der Waals surface area (Å²) in [6.45, 7) is 2.06. The molecule has 1 aromatic heterocycles. The molecule has 2 rings (SSSR count). The molecule has 1 aromatic rings.